The lowest BCUT2D eigenvalue weighted by Crippen LogP contribution is -2.30. The number of aromatic nitrogens is 2. The zero-order chi connectivity index (χ0) is 29.2. The summed E-state index contributed by atoms with van der Waals surface area (Å²) in [5.41, 5.74) is 2.17. The van der Waals surface area contributed by atoms with Crippen LogP contribution in [0.1, 0.15) is 65.7 Å². The number of carbonyl (C=O) groups is 1. The third-order valence-electron chi connectivity index (χ3n) is 6.69. The Morgan fingerprint density at radius 1 is 1.02 bits per heavy atom. The molecule has 4 rings (SSSR count). The molecule has 40 heavy (non-hydrogen) atoms. The number of nitrogens with zero attached hydrogens (tertiary/aromatic N) is 2. The number of halogens is 3. The maximum atomic E-state index is 13.2. The predicted molar refractivity (Wildman–Crippen MR) is 146 cm³/mol. The van der Waals surface area contributed by atoms with Crippen LogP contribution in [-0.4, -0.2) is 41.3 Å². The summed E-state index contributed by atoms with van der Waals surface area (Å²) in [6.45, 7) is 5.07. The van der Waals surface area contributed by atoms with Gasteiger partial charge in [-0.05, 0) is 67.4 Å². The highest BCUT2D eigenvalue weighted by atomic mass is 32.2. The van der Waals surface area contributed by atoms with Gasteiger partial charge in [0.05, 0.1) is 39.9 Å². The van der Waals surface area contributed by atoms with Gasteiger partial charge in [-0.1, -0.05) is 31.2 Å². The van der Waals surface area contributed by atoms with Crippen LogP contribution in [0, 0.1) is 0 Å². The maximum Gasteiger partial charge on any atom is 0.416 e. The van der Waals surface area contributed by atoms with Crippen LogP contribution in [0.5, 0.6) is 0 Å². The number of aliphatic hydroxyl groups is 1. The first kappa shape index (κ1) is 29.3. The third kappa shape index (κ3) is 6.20. The van der Waals surface area contributed by atoms with Crippen LogP contribution in [0.4, 0.5) is 13.2 Å². The van der Waals surface area contributed by atoms with E-state index in [4.69, 9.17) is 0 Å². The van der Waals surface area contributed by atoms with Crippen LogP contribution in [0.2, 0.25) is 0 Å². The molecule has 1 atom stereocenters. The number of benzene rings is 3. The molecule has 1 amide bonds. The number of rotatable bonds is 9. The lowest BCUT2D eigenvalue weighted by molar-refractivity contribution is -0.137. The van der Waals surface area contributed by atoms with Crippen LogP contribution >= 0.6 is 0 Å². The van der Waals surface area contributed by atoms with E-state index in [-0.39, 0.29) is 16.7 Å². The summed E-state index contributed by atoms with van der Waals surface area (Å²) in [6, 6.07) is 15.2. The zero-order valence-corrected chi connectivity index (χ0v) is 23.1. The van der Waals surface area contributed by atoms with E-state index in [1.807, 2.05) is 18.4 Å². The minimum atomic E-state index is -4.41. The van der Waals surface area contributed by atoms with E-state index in [2.05, 4.69) is 10.3 Å². The number of alkyl halides is 3. The average Bonchev–Trinajstić information content (AvgIpc) is 3.28. The van der Waals surface area contributed by atoms with Gasteiger partial charge in [-0.15, -0.1) is 0 Å². The van der Waals surface area contributed by atoms with Gasteiger partial charge in [0.15, 0.2) is 9.84 Å². The van der Waals surface area contributed by atoms with E-state index < -0.39 is 40.1 Å². The Balaban J connectivity index is 1.59. The Morgan fingerprint density at radius 3 is 2.23 bits per heavy atom. The van der Waals surface area contributed by atoms with Crippen molar-refractivity contribution in [2.24, 2.45) is 0 Å². The molecule has 0 aliphatic heterocycles. The van der Waals surface area contributed by atoms with Crippen LogP contribution in [0.25, 0.3) is 11.0 Å². The Morgan fingerprint density at radius 2 is 1.68 bits per heavy atom. The highest BCUT2D eigenvalue weighted by Gasteiger charge is 2.30. The quantitative estimate of drug-likeness (QED) is 0.276. The highest BCUT2D eigenvalue weighted by Crippen LogP contribution is 2.30. The number of imidazole rings is 1. The summed E-state index contributed by atoms with van der Waals surface area (Å²) in [4.78, 5) is 18.0. The number of hydrogen-bond donors (Lipinski definition) is 2. The molecule has 1 aromatic heterocycles. The predicted octanol–water partition coefficient (Wildman–Crippen LogP) is 5.48. The zero-order valence-electron chi connectivity index (χ0n) is 22.2. The summed E-state index contributed by atoms with van der Waals surface area (Å²) in [5, 5.41) is 12.7. The van der Waals surface area contributed by atoms with Gasteiger partial charge < -0.3 is 15.0 Å². The van der Waals surface area contributed by atoms with Crippen molar-refractivity contribution in [2.75, 3.05) is 12.4 Å². The summed E-state index contributed by atoms with van der Waals surface area (Å²) >= 11 is 0. The molecular formula is C29H30F3N3O4S. The van der Waals surface area contributed by atoms with Gasteiger partial charge in [-0.2, -0.15) is 13.2 Å². The maximum absolute atomic E-state index is 13.2. The molecule has 11 heteroatoms. The molecule has 2 N–H and O–H groups in total. The summed E-state index contributed by atoms with van der Waals surface area (Å²) in [5.74, 6) is 0.179. The van der Waals surface area contributed by atoms with Crippen molar-refractivity contribution in [3.05, 3.63) is 94.8 Å². The molecule has 1 heterocycles. The molecule has 212 valence electrons. The second-order valence-corrected chi connectivity index (χ2v) is 12.0. The van der Waals surface area contributed by atoms with Gasteiger partial charge in [-0.3, -0.25) is 4.79 Å². The van der Waals surface area contributed by atoms with Gasteiger partial charge >= 0.3 is 6.18 Å². The van der Waals surface area contributed by atoms with Crippen molar-refractivity contribution in [1.82, 2.24) is 14.9 Å². The van der Waals surface area contributed by atoms with Crippen molar-refractivity contribution >= 4 is 26.8 Å². The van der Waals surface area contributed by atoms with Crippen molar-refractivity contribution in [3.8, 4) is 0 Å². The number of nitrogens with one attached hydrogen (secondary N) is 1. The van der Waals surface area contributed by atoms with Crippen molar-refractivity contribution in [3.63, 3.8) is 0 Å². The minimum Gasteiger partial charge on any atom is -0.394 e. The third-order valence-corrected chi connectivity index (χ3v) is 8.44. The highest BCUT2D eigenvalue weighted by molar-refractivity contribution is 7.91. The van der Waals surface area contributed by atoms with Crippen molar-refractivity contribution < 1.29 is 31.5 Å². The molecule has 0 bridgehead atoms. The van der Waals surface area contributed by atoms with Gasteiger partial charge in [0, 0.05) is 18.0 Å². The Hall–Kier alpha value is -3.70. The van der Waals surface area contributed by atoms with E-state index in [1.165, 1.54) is 24.3 Å². The molecule has 0 saturated carbocycles. The molecule has 1 unspecified atom stereocenters. The molecule has 0 aliphatic rings. The van der Waals surface area contributed by atoms with Crippen LogP contribution < -0.4 is 5.32 Å². The Bertz CT molecular complexity index is 1610. The normalized spacial score (nSPS) is 13.1. The van der Waals surface area contributed by atoms with Crippen molar-refractivity contribution in [2.45, 2.75) is 50.3 Å². The summed E-state index contributed by atoms with van der Waals surface area (Å²) < 4.78 is 64.9. The molecule has 4 aromatic rings. The lowest BCUT2D eigenvalue weighted by Gasteiger charge is -2.18. The van der Waals surface area contributed by atoms with Gasteiger partial charge in [0.25, 0.3) is 5.91 Å². The number of hydrogen-bond acceptors (Lipinski definition) is 5. The molecule has 0 radical (unpaired) electrons. The molecule has 0 spiro atoms. The fourth-order valence-electron chi connectivity index (χ4n) is 4.53. The fourth-order valence-corrected chi connectivity index (χ4v) is 5.41. The van der Waals surface area contributed by atoms with Gasteiger partial charge in [-0.25, -0.2) is 13.4 Å². The first-order valence-electron chi connectivity index (χ1n) is 12.8. The molecule has 3 aromatic carbocycles. The molecule has 7 nitrogen and oxygen atoms in total. The van der Waals surface area contributed by atoms with Crippen LogP contribution in [-0.2, 0) is 22.4 Å². The van der Waals surface area contributed by atoms with Crippen molar-refractivity contribution in [1.29, 1.82) is 0 Å². The number of fused-ring (bicyclic) bond motifs is 1. The van der Waals surface area contributed by atoms with Gasteiger partial charge in [0.1, 0.15) is 5.82 Å². The van der Waals surface area contributed by atoms with Gasteiger partial charge in [0.2, 0.25) is 0 Å². The van der Waals surface area contributed by atoms with E-state index >= 15 is 0 Å². The first-order valence-corrected chi connectivity index (χ1v) is 14.4. The first-order chi connectivity index (χ1) is 18.8. The molecule has 0 saturated heterocycles. The van der Waals surface area contributed by atoms with Crippen LogP contribution in [0.15, 0.2) is 71.6 Å². The fraction of sp³-hybridized carbons (Fsp3) is 0.310. The summed E-state index contributed by atoms with van der Waals surface area (Å²) in [6.07, 6.45) is -4.10. The Labute approximate surface area is 230 Å². The minimum absolute atomic E-state index is 0.0337. The molecule has 0 aliphatic carbocycles. The molecule has 0 fully saturated rings. The van der Waals surface area contributed by atoms with E-state index in [9.17, 15) is 31.5 Å². The second-order valence-electron chi connectivity index (χ2n) is 9.75. The number of aliphatic hydroxyl groups excluding tert-OH is 1. The Kier molecular flexibility index (Phi) is 8.36. The number of carbonyl (C=O) groups excluding carboxylic acids is 1. The van der Waals surface area contributed by atoms with E-state index in [0.717, 1.165) is 12.1 Å². The number of amides is 1. The molecular weight excluding hydrogens is 543 g/mol. The summed E-state index contributed by atoms with van der Waals surface area (Å²) in [7, 11) is -3.37. The largest absolute Gasteiger partial charge is 0.416 e. The standard InChI is InChI=1S/C29H30F3N3O4S/c1-4-40(38,39)23-12-7-20(8-13-23)25(17-36)34-28(37)21-9-14-24-26(16-21)35(18(2)3)27(33-24)15-19-5-10-22(11-6-19)29(30,31)32/h5-14,16,18,25,36H,4,15,17H2,1-3H3,(H,34,37). The van der Waals surface area contributed by atoms with E-state index in [0.29, 0.717) is 40.0 Å². The van der Waals surface area contributed by atoms with E-state index in [1.54, 1.807) is 37.3 Å². The lowest BCUT2D eigenvalue weighted by atomic mass is 10.1. The average molecular weight is 574 g/mol. The monoisotopic (exact) mass is 573 g/mol. The number of sulfone groups is 1. The van der Waals surface area contributed by atoms with Crippen LogP contribution in [0.3, 0.4) is 0 Å². The SMILES string of the molecule is CCS(=O)(=O)c1ccc(C(CO)NC(=O)c2ccc3nc(Cc4ccc(C(F)(F)F)cc4)n(C(C)C)c3c2)cc1. The second kappa shape index (κ2) is 11.4. The topological polar surface area (TPSA) is 101 Å². The smallest absolute Gasteiger partial charge is 0.394 e.